The van der Waals surface area contributed by atoms with Gasteiger partial charge in [-0.2, -0.15) is 0 Å². The zero-order valence-corrected chi connectivity index (χ0v) is 11.8. The smallest absolute Gasteiger partial charge is 0.201 e. The second-order valence-corrected chi connectivity index (χ2v) is 5.00. The number of carbonyl (C=O) groups excluding carboxylic acids is 1. The van der Waals surface area contributed by atoms with Gasteiger partial charge in [-0.15, -0.1) is 0 Å². The minimum absolute atomic E-state index is 0.0660. The number of ketones is 1. The van der Waals surface area contributed by atoms with Crippen molar-refractivity contribution in [1.82, 2.24) is 0 Å². The fourth-order valence-corrected chi connectivity index (χ4v) is 2.04. The van der Waals surface area contributed by atoms with Crippen LogP contribution in [0.15, 0.2) is 42.5 Å². The van der Waals surface area contributed by atoms with Gasteiger partial charge in [0.1, 0.15) is 5.75 Å². The SMILES string of the molecule is Cc1cccc(OCC(=O)c2cc(Cl)ccc2Cl)c1. The number of Topliss-reactive ketones (excluding diaryl/α,β-unsaturated/α-hetero) is 1. The molecule has 0 aliphatic heterocycles. The van der Waals surface area contributed by atoms with Crippen molar-refractivity contribution in [1.29, 1.82) is 0 Å². The van der Waals surface area contributed by atoms with E-state index in [1.54, 1.807) is 24.3 Å². The molecule has 98 valence electrons. The molecule has 0 heterocycles. The molecule has 0 amide bonds. The second kappa shape index (κ2) is 6.09. The molecule has 2 aromatic rings. The number of halogens is 2. The van der Waals surface area contributed by atoms with Crippen LogP contribution in [0, 0.1) is 6.92 Å². The molecule has 2 aromatic carbocycles. The molecule has 0 saturated heterocycles. The third-order valence-corrected chi connectivity index (χ3v) is 3.15. The Balaban J connectivity index is 2.07. The lowest BCUT2D eigenvalue weighted by Gasteiger charge is -2.07. The molecule has 0 bridgehead atoms. The van der Waals surface area contributed by atoms with Gasteiger partial charge in [-0.05, 0) is 42.8 Å². The molecule has 0 aliphatic carbocycles. The first-order valence-electron chi connectivity index (χ1n) is 5.74. The highest BCUT2D eigenvalue weighted by Crippen LogP contribution is 2.21. The van der Waals surface area contributed by atoms with Crippen LogP contribution >= 0.6 is 23.2 Å². The van der Waals surface area contributed by atoms with Crippen LogP contribution in [-0.4, -0.2) is 12.4 Å². The van der Waals surface area contributed by atoms with Gasteiger partial charge < -0.3 is 4.74 Å². The Labute approximate surface area is 121 Å². The van der Waals surface area contributed by atoms with Gasteiger partial charge in [0.2, 0.25) is 5.78 Å². The summed E-state index contributed by atoms with van der Waals surface area (Å²) in [5, 5.41) is 0.852. The Morgan fingerprint density at radius 1 is 1.16 bits per heavy atom. The maximum atomic E-state index is 12.0. The normalized spacial score (nSPS) is 10.3. The highest BCUT2D eigenvalue weighted by atomic mass is 35.5. The number of benzene rings is 2. The van der Waals surface area contributed by atoms with Crippen LogP contribution in [0.4, 0.5) is 0 Å². The molecule has 4 heteroatoms. The number of aryl methyl sites for hydroxylation is 1. The van der Waals surface area contributed by atoms with Crippen molar-refractivity contribution in [3.05, 3.63) is 63.6 Å². The summed E-state index contributed by atoms with van der Waals surface area (Å²) in [7, 11) is 0. The predicted molar refractivity (Wildman–Crippen MR) is 77.5 cm³/mol. The second-order valence-electron chi connectivity index (χ2n) is 4.15. The van der Waals surface area contributed by atoms with E-state index in [0.717, 1.165) is 5.56 Å². The van der Waals surface area contributed by atoms with Gasteiger partial charge in [-0.3, -0.25) is 4.79 Å². The van der Waals surface area contributed by atoms with E-state index in [4.69, 9.17) is 27.9 Å². The lowest BCUT2D eigenvalue weighted by atomic mass is 10.1. The minimum Gasteiger partial charge on any atom is -0.485 e. The molecule has 0 aliphatic rings. The maximum absolute atomic E-state index is 12.0. The van der Waals surface area contributed by atoms with Crippen LogP contribution in [0.5, 0.6) is 5.75 Å². The van der Waals surface area contributed by atoms with E-state index in [2.05, 4.69) is 0 Å². The summed E-state index contributed by atoms with van der Waals surface area (Å²) in [5.41, 5.74) is 1.45. The molecule has 0 unspecified atom stereocenters. The molecule has 0 spiro atoms. The van der Waals surface area contributed by atoms with Gasteiger partial charge in [0.15, 0.2) is 6.61 Å². The summed E-state index contributed by atoms with van der Waals surface area (Å²) in [6.07, 6.45) is 0. The predicted octanol–water partition coefficient (Wildman–Crippen LogP) is 4.56. The van der Waals surface area contributed by atoms with Crippen LogP contribution in [0.3, 0.4) is 0 Å². The summed E-state index contributed by atoms with van der Waals surface area (Å²) < 4.78 is 5.45. The molecular formula is C15H12Cl2O2. The van der Waals surface area contributed by atoms with Crippen LogP contribution in [0.1, 0.15) is 15.9 Å². The lowest BCUT2D eigenvalue weighted by molar-refractivity contribution is 0.0921. The summed E-state index contributed by atoms with van der Waals surface area (Å²) in [6.45, 7) is 1.89. The van der Waals surface area contributed by atoms with Crippen molar-refractivity contribution in [2.75, 3.05) is 6.61 Å². The van der Waals surface area contributed by atoms with E-state index in [0.29, 0.717) is 21.4 Å². The first kappa shape index (κ1) is 13.9. The van der Waals surface area contributed by atoms with E-state index < -0.39 is 0 Å². The molecule has 19 heavy (non-hydrogen) atoms. The molecule has 0 aromatic heterocycles. The lowest BCUT2D eigenvalue weighted by Crippen LogP contribution is -2.12. The summed E-state index contributed by atoms with van der Waals surface area (Å²) in [6, 6.07) is 12.3. The third-order valence-electron chi connectivity index (χ3n) is 2.59. The van der Waals surface area contributed by atoms with Crippen LogP contribution in [-0.2, 0) is 0 Å². The molecule has 0 fully saturated rings. The van der Waals surface area contributed by atoms with E-state index in [9.17, 15) is 4.79 Å². The Bertz CT molecular complexity index is 609. The average Bonchev–Trinajstić information content (AvgIpc) is 2.39. The summed E-state index contributed by atoms with van der Waals surface area (Å²) >= 11 is 11.8. The molecule has 0 N–H and O–H groups in total. The first-order valence-corrected chi connectivity index (χ1v) is 6.49. The van der Waals surface area contributed by atoms with Crippen molar-refractivity contribution in [3.63, 3.8) is 0 Å². The van der Waals surface area contributed by atoms with Gasteiger partial charge in [-0.25, -0.2) is 0 Å². The van der Waals surface area contributed by atoms with E-state index in [1.165, 1.54) is 0 Å². The highest BCUT2D eigenvalue weighted by molar-refractivity contribution is 6.35. The zero-order valence-electron chi connectivity index (χ0n) is 10.3. The molecule has 2 nitrogen and oxygen atoms in total. The summed E-state index contributed by atoms with van der Waals surface area (Å²) in [4.78, 5) is 12.0. The maximum Gasteiger partial charge on any atom is 0.201 e. The van der Waals surface area contributed by atoms with Crippen LogP contribution in [0.2, 0.25) is 10.0 Å². The highest BCUT2D eigenvalue weighted by Gasteiger charge is 2.11. The van der Waals surface area contributed by atoms with E-state index in [1.807, 2.05) is 25.1 Å². The Morgan fingerprint density at radius 2 is 1.95 bits per heavy atom. The molecule has 0 radical (unpaired) electrons. The van der Waals surface area contributed by atoms with Crippen molar-refractivity contribution < 1.29 is 9.53 Å². The first-order chi connectivity index (χ1) is 9.06. The molecule has 0 saturated carbocycles. The zero-order chi connectivity index (χ0) is 13.8. The molecule has 0 atom stereocenters. The van der Waals surface area contributed by atoms with Gasteiger partial charge in [0.25, 0.3) is 0 Å². The van der Waals surface area contributed by atoms with Crippen molar-refractivity contribution in [3.8, 4) is 5.75 Å². The monoisotopic (exact) mass is 294 g/mol. The number of hydrogen-bond donors (Lipinski definition) is 0. The number of ether oxygens (including phenoxy) is 1. The Kier molecular flexibility index (Phi) is 4.46. The van der Waals surface area contributed by atoms with Crippen molar-refractivity contribution >= 4 is 29.0 Å². The number of rotatable bonds is 4. The largest absolute Gasteiger partial charge is 0.485 e. The fraction of sp³-hybridized carbons (Fsp3) is 0.133. The van der Waals surface area contributed by atoms with Crippen molar-refractivity contribution in [2.45, 2.75) is 6.92 Å². The van der Waals surface area contributed by atoms with E-state index >= 15 is 0 Å². The standard InChI is InChI=1S/C15H12Cl2O2/c1-10-3-2-4-12(7-10)19-9-15(18)13-8-11(16)5-6-14(13)17/h2-8H,9H2,1H3. The number of carbonyl (C=O) groups is 1. The van der Waals surface area contributed by atoms with Crippen molar-refractivity contribution in [2.24, 2.45) is 0 Å². The average molecular weight is 295 g/mol. The minimum atomic E-state index is -0.200. The molecular weight excluding hydrogens is 283 g/mol. The summed E-state index contributed by atoms with van der Waals surface area (Å²) in [5.74, 6) is 0.459. The number of hydrogen-bond acceptors (Lipinski definition) is 2. The Hall–Kier alpha value is -1.51. The van der Waals surface area contributed by atoms with Gasteiger partial charge >= 0.3 is 0 Å². The quantitative estimate of drug-likeness (QED) is 0.773. The third kappa shape index (κ3) is 3.72. The fourth-order valence-electron chi connectivity index (χ4n) is 1.64. The van der Waals surface area contributed by atoms with Gasteiger partial charge in [-0.1, -0.05) is 35.3 Å². The van der Waals surface area contributed by atoms with Gasteiger partial charge in [0.05, 0.1) is 5.02 Å². The Morgan fingerprint density at radius 3 is 2.68 bits per heavy atom. The van der Waals surface area contributed by atoms with Gasteiger partial charge in [0, 0.05) is 10.6 Å². The topological polar surface area (TPSA) is 26.3 Å². The molecule has 2 rings (SSSR count). The van der Waals surface area contributed by atoms with E-state index in [-0.39, 0.29) is 12.4 Å². The van der Waals surface area contributed by atoms with Crippen LogP contribution < -0.4 is 4.74 Å². The van der Waals surface area contributed by atoms with Crippen LogP contribution in [0.25, 0.3) is 0 Å².